The first kappa shape index (κ1) is 18.1. The number of aromatic nitrogens is 1. The number of nitrogens with zero attached hydrogens (tertiary/aromatic N) is 1. The van der Waals surface area contributed by atoms with Crippen molar-refractivity contribution in [2.75, 3.05) is 5.32 Å². The van der Waals surface area contributed by atoms with Gasteiger partial charge in [-0.15, -0.1) is 0 Å². The van der Waals surface area contributed by atoms with Crippen LogP contribution in [0.2, 0.25) is 0 Å². The second-order valence-electron chi connectivity index (χ2n) is 7.17. The monoisotopic (exact) mass is 367 g/mol. The number of amides is 1. The number of fused-ring (bicyclic) bond motifs is 1. The highest BCUT2D eigenvalue weighted by Gasteiger charge is 2.22. The maximum atomic E-state index is 12.0. The fourth-order valence-electron chi connectivity index (χ4n) is 2.39. The van der Waals surface area contributed by atoms with Crippen molar-refractivity contribution in [2.45, 2.75) is 27.7 Å². The lowest BCUT2D eigenvalue weighted by molar-refractivity contribution is -0.126. The summed E-state index contributed by atoms with van der Waals surface area (Å²) in [6, 6.07) is 13.5. The molecule has 3 aromatic rings. The third-order valence-corrected chi connectivity index (χ3v) is 4.13. The normalized spacial score (nSPS) is 11.4. The van der Waals surface area contributed by atoms with Crippen LogP contribution in [-0.4, -0.2) is 16.0 Å². The summed E-state index contributed by atoms with van der Waals surface area (Å²) < 4.78 is 5.86. The molecule has 0 saturated carbocycles. The summed E-state index contributed by atoms with van der Waals surface area (Å²) in [4.78, 5) is 16.6. The molecular formula is C20H21N3O2S. The van der Waals surface area contributed by atoms with Crippen molar-refractivity contribution in [1.29, 1.82) is 0 Å². The molecule has 134 valence electrons. The second kappa shape index (κ2) is 6.88. The molecule has 0 bridgehead atoms. The number of aryl methyl sites for hydroxylation is 1. The van der Waals surface area contributed by atoms with Gasteiger partial charge in [-0.1, -0.05) is 39.0 Å². The first-order valence-corrected chi connectivity index (χ1v) is 8.74. The van der Waals surface area contributed by atoms with Gasteiger partial charge in [0.1, 0.15) is 5.52 Å². The van der Waals surface area contributed by atoms with Crippen molar-refractivity contribution >= 4 is 40.0 Å². The van der Waals surface area contributed by atoms with Crippen LogP contribution in [0.25, 0.3) is 22.6 Å². The third kappa shape index (κ3) is 3.91. The second-order valence-corrected chi connectivity index (χ2v) is 7.58. The zero-order chi connectivity index (χ0) is 18.9. The lowest BCUT2D eigenvalue weighted by Crippen LogP contribution is -2.41. The summed E-state index contributed by atoms with van der Waals surface area (Å²) in [5, 5.41) is 5.96. The Morgan fingerprint density at radius 3 is 2.58 bits per heavy atom. The zero-order valence-electron chi connectivity index (χ0n) is 15.2. The average molecular weight is 367 g/mol. The van der Waals surface area contributed by atoms with E-state index in [1.165, 1.54) is 0 Å². The van der Waals surface area contributed by atoms with E-state index < -0.39 is 5.41 Å². The van der Waals surface area contributed by atoms with Crippen molar-refractivity contribution in [3.63, 3.8) is 0 Å². The summed E-state index contributed by atoms with van der Waals surface area (Å²) >= 11 is 5.22. The fourth-order valence-corrected chi connectivity index (χ4v) is 2.60. The Morgan fingerprint density at radius 2 is 1.88 bits per heavy atom. The minimum Gasteiger partial charge on any atom is -0.436 e. The van der Waals surface area contributed by atoms with Crippen LogP contribution in [0.4, 0.5) is 5.69 Å². The van der Waals surface area contributed by atoms with E-state index in [0.29, 0.717) is 11.5 Å². The molecule has 5 nitrogen and oxygen atoms in total. The average Bonchev–Trinajstić information content (AvgIpc) is 2.97. The lowest BCUT2D eigenvalue weighted by atomic mass is 9.96. The number of hydrogen-bond acceptors (Lipinski definition) is 4. The molecule has 0 fully saturated rings. The fraction of sp³-hybridized carbons (Fsp3) is 0.250. The Kier molecular flexibility index (Phi) is 4.78. The molecular weight excluding hydrogens is 346 g/mol. The van der Waals surface area contributed by atoms with Crippen molar-refractivity contribution in [1.82, 2.24) is 10.3 Å². The number of thiocarbonyl (C=S) groups is 1. The van der Waals surface area contributed by atoms with Crippen LogP contribution in [-0.2, 0) is 4.79 Å². The van der Waals surface area contributed by atoms with Gasteiger partial charge in [0.15, 0.2) is 10.7 Å². The standard InChI is InChI=1S/C20H21N3O2S/c1-12-7-5-6-8-14(12)17-22-15-11-13(9-10-16(15)25-17)21-19(26)23-18(24)20(2,3)4/h5-11H,1-4H3,(H2,21,23,24,26). The number of oxazole rings is 1. The van der Waals surface area contributed by atoms with Gasteiger partial charge in [0.2, 0.25) is 11.8 Å². The van der Waals surface area contributed by atoms with Gasteiger partial charge in [0, 0.05) is 16.7 Å². The predicted octanol–water partition coefficient (Wildman–Crippen LogP) is 4.66. The van der Waals surface area contributed by atoms with Gasteiger partial charge in [0.25, 0.3) is 0 Å². The summed E-state index contributed by atoms with van der Waals surface area (Å²) in [6.45, 7) is 7.52. The molecule has 2 aromatic carbocycles. The van der Waals surface area contributed by atoms with Crippen LogP contribution < -0.4 is 10.6 Å². The molecule has 1 heterocycles. The van der Waals surface area contributed by atoms with E-state index in [0.717, 1.165) is 22.3 Å². The van der Waals surface area contributed by atoms with Gasteiger partial charge in [-0.25, -0.2) is 4.98 Å². The molecule has 0 unspecified atom stereocenters. The Morgan fingerprint density at radius 1 is 1.15 bits per heavy atom. The van der Waals surface area contributed by atoms with E-state index in [9.17, 15) is 4.79 Å². The van der Waals surface area contributed by atoms with Crippen molar-refractivity contribution in [3.05, 3.63) is 48.0 Å². The highest BCUT2D eigenvalue weighted by molar-refractivity contribution is 7.80. The highest BCUT2D eigenvalue weighted by atomic mass is 32.1. The molecule has 0 atom stereocenters. The third-order valence-electron chi connectivity index (χ3n) is 3.93. The van der Waals surface area contributed by atoms with E-state index in [1.54, 1.807) is 0 Å². The molecule has 0 spiro atoms. The topological polar surface area (TPSA) is 67.2 Å². The van der Waals surface area contributed by atoms with Crippen molar-refractivity contribution < 1.29 is 9.21 Å². The Bertz CT molecular complexity index is 986. The van der Waals surface area contributed by atoms with E-state index in [1.807, 2.05) is 70.2 Å². The van der Waals surface area contributed by atoms with Crippen LogP contribution in [0, 0.1) is 12.3 Å². The SMILES string of the molecule is Cc1ccccc1-c1nc2cc(NC(=S)NC(=O)C(C)(C)C)ccc2o1. The number of benzene rings is 2. The minimum absolute atomic E-state index is 0.139. The van der Waals surface area contributed by atoms with Crippen LogP contribution in [0.3, 0.4) is 0 Å². The van der Waals surface area contributed by atoms with Gasteiger partial charge >= 0.3 is 0 Å². The first-order chi connectivity index (χ1) is 12.2. The maximum absolute atomic E-state index is 12.0. The van der Waals surface area contributed by atoms with Crippen molar-refractivity contribution in [3.8, 4) is 11.5 Å². The number of nitrogens with one attached hydrogen (secondary N) is 2. The molecule has 0 radical (unpaired) electrons. The smallest absolute Gasteiger partial charge is 0.231 e. The number of rotatable bonds is 2. The molecule has 2 N–H and O–H groups in total. The molecule has 6 heteroatoms. The molecule has 3 rings (SSSR count). The Balaban J connectivity index is 1.81. The van der Waals surface area contributed by atoms with E-state index in [2.05, 4.69) is 15.6 Å². The number of carbonyl (C=O) groups is 1. The summed E-state index contributed by atoms with van der Waals surface area (Å²) in [6.07, 6.45) is 0. The van der Waals surface area contributed by atoms with Gasteiger partial charge in [-0.05, 0) is 49.0 Å². The van der Waals surface area contributed by atoms with Gasteiger partial charge in [-0.3, -0.25) is 4.79 Å². The lowest BCUT2D eigenvalue weighted by Gasteiger charge is -2.18. The zero-order valence-corrected chi connectivity index (χ0v) is 16.0. The first-order valence-electron chi connectivity index (χ1n) is 8.33. The Hall–Kier alpha value is -2.73. The number of carbonyl (C=O) groups excluding carboxylic acids is 1. The molecule has 1 aromatic heterocycles. The minimum atomic E-state index is -0.510. The largest absolute Gasteiger partial charge is 0.436 e. The summed E-state index contributed by atoms with van der Waals surface area (Å²) in [5.74, 6) is 0.443. The molecule has 0 aliphatic heterocycles. The van der Waals surface area contributed by atoms with Gasteiger partial charge in [-0.2, -0.15) is 0 Å². The number of anilines is 1. The molecule has 0 aliphatic rings. The van der Waals surface area contributed by atoms with Crippen LogP contribution in [0.15, 0.2) is 46.9 Å². The maximum Gasteiger partial charge on any atom is 0.231 e. The number of hydrogen-bond donors (Lipinski definition) is 2. The van der Waals surface area contributed by atoms with Gasteiger partial charge < -0.3 is 15.1 Å². The summed E-state index contributed by atoms with van der Waals surface area (Å²) in [5.41, 5.74) is 3.71. The quantitative estimate of drug-likeness (QED) is 0.645. The molecule has 0 aliphatic carbocycles. The molecule has 1 amide bonds. The van der Waals surface area contributed by atoms with Gasteiger partial charge in [0.05, 0.1) is 0 Å². The molecule has 0 saturated heterocycles. The van der Waals surface area contributed by atoms with Crippen LogP contribution in [0.1, 0.15) is 26.3 Å². The van der Waals surface area contributed by atoms with E-state index in [-0.39, 0.29) is 11.0 Å². The van der Waals surface area contributed by atoms with E-state index in [4.69, 9.17) is 16.6 Å². The predicted molar refractivity (Wildman–Crippen MR) is 108 cm³/mol. The van der Waals surface area contributed by atoms with Crippen LogP contribution in [0.5, 0.6) is 0 Å². The summed E-state index contributed by atoms with van der Waals surface area (Å²) in [7, 11) is 0. The highest BCUT2D eigenvalue weighted by Crippen LogP contribution is 2.28. The van der Waals surface area contributed by atoms with Crippen molar-refractivity contribution in [2.24, 2.45) is 5.41 Å². The molecule has 26 heavy (non-hydrogen) atoms. The van der Waals surface area contributed by atoms with E-state index >= 15 is 0 Å². The Labute approximate surface area is 157 Å². The van der Waals surface area contributed by atoms with Crippen LogP contribution >= 0.6 is 12.2 Å².